The van der Waals surface area contributed by atoms with Crippen LogP contribution in [-0.4, -0.2) is 56.2 Å². The topological polar surface area (TPSA) is 67.9 Å². The van der Waals surface area contributed by atoms with Crippen LogP contribution in [0.4, 0.5) is 0 Å². The summed E-state index contributed by atoms with van der Waals surface area (Å²) in [4.78, 5) is 27.5. The van der Waals surface area contributed by atoms with E-state index in [0.717, 1.165) is 37.0 Å². The zero-order valence-corrected chi connectivity index (χ0v) is 15.4. The van der Waals surface area contributed by atoms with Gasteiger partial charge in [-0.25, -0.2) is 0 Å². The lowest BCUT2D eigenvalue weighted by atomic mass is 9.82. The van der Waals surface area contributed by atoms with Gasteiger partial charge in [0, 0.05) is 19.1 Å². The average Bonchev–Trinajstić information content (AvgIpc) is 2.67. The Kier molecular flexibility index (Phi) is 6.50. The second-order valence-electron chi connectivity index (χ2n) is 6.98. The molecule has 6 nitrogen and oxygen atoms in total. The van der Waals surface area contributed by atoms with Crippen molar-refractivity contribution in [2.24, 2.45) is 5.92 Å². The van der Waals surface area contributed by atoms with Crippen molar-refractivity contribution in [2.45, 2.75) is 38.1 Å². The van der Waals surface area contributed by atoms with Crippen molar-refractivity contribution in [3.8, 4) is 5.75 Å². The number of methoxy groups -OCH3 is 1. The van der Waals surface area contributed by atoms with Crippen LogP contribution in [0.2, 0.25) is 0 Å². The molecule has 1 aliphatic heterocycles. The van der Waals surface area contributed by atoms with Crippen LogP contribution in [-0.2, 0) is 20.7 Å². The Morgan fingerprint density at radius 3 is 3.00 bits per heavy atom. The number of hydrogen-bond donors (Lipinski definition) is 1. The Morgan fingerprint density at radius 1 is 1.31 bits per heavy atom. The molecular formula is C20H28N2O4. The number of fused-ring (bicyclic) bond motifs is 1. The van der Waals surface area contributed by atoms with Crippen LogP contribution in [0.15, 0.2) is 24.3 Å². The van der Waals surface area contributed by atoms with Crippen LogP contribution in [0.3, 0.4) is 0 Å². The summed E-state index contributed by atoms with van der Waals surface area (Å²) in [5, 5.41) is 2.96. The maximum atomic E-state index is 13.1. The molecule has 142 valence electrons. The quantitative estimate of drug-likeness (QED) is 0.892. The SMILES string of the molecule is COc1cccc(CC(=O)N2CCOCCNC(=O)[C@@H]3CCCC[C@@H]32)c1. The van der Waals surface area contributed by atoms with Crippen molar-refractivity contribution >= 4 is 11.8 Å². The number of carbonyl (C=O) groups excluding carboxylic acids is 2. The average molecular weight is 360 g/mol. The predicted octanol–water partition coefficient (Wildman–Crippen LogP) is 1.77. The monoisotopic (exact) mass is 360 g/mol. The zero-order valence-electron chi connectivity index (χ0n) is 15.4. The van der Waals surface area contributed by atoms with Crippen molar-refractivity contribution in [1.29, 1.82) is 0 Å². The molecule has 0 radical (unpaired) electrons. The van der Waals surface area contributed by atoms with Gasteiger partial charge in [-0.05, 0) is 30.5 Å². The fourth-order valence-electron chi connectivity index (χ4n) is 3.97. The Labute approximate surface area is 154 Å². The third-order valence-corrected chi connectivity index (χ3v) is 5.30. The van der Waals surface area contributed by atoms with E-state index in [1.165, 1.54) is 0 Å². The minimum Gasteiger partial charge on any atom is -0.497 e. The van der Waals surface area contributed by atoms with Gasteiger partial charge < -0.3 is 19.7 Å². The van der Waals surface area contributed by atoms with Gasteiger partial charge in [-0.15, -0.1) is 0 Å². The molecule has 0 aromatic heterocycles. The molecule has 2 amide bonds. The van der Waals surface area contributed by atoms with E-state index in [1.54, 1.807) is 7.11 Å². The molecule has 26 heavy (non-hydrogen) atoms. The minimum atomic E-state index is -0.115. The molecule has 1 saturated heterocycles. The molecule has 2 fully saturated rings. The molecule has 3 rings (SSSR count). The first-order valence-electron chi connectivity index (χ1n) is 9.47. The van der Waals surface area contributed by atoms with Gasteiger partial charge in [0.1, 0.15) is 5.75 Å². The molecule has 2 aliphatic rings. The van der Waals surface area contributed by atoms with Crippen LogP contribution in [0, 0.1) is 5.92 Å². The number of nitrogens with zero attached hydrogens (tertiary/aromatic N) is 1. The zero-order chi connectivity index (χ0) is 18.4. The van der Waals surface area contributed by atoms with Crippen LogP contribution in [0.25, 0.3) is 0 Å². The van der Waals surface area contributed by atoms with Crippen molar-refractivity contribution < 1.29 is 19.1 Å². The molecule has 1 heterocycles. The highest BCUT2D eigenvalue weighted by molar-refractivity contribution is 5.83. The molecule has 2 atom stereocenters. The summed E-state index contributed by atoms with van der Waals surface area (Å²) in [6.45, 7) is 2.07. The number of carbonyl (C=O) groups is 2. The second-order valence-corrected chi connectivity index (χ2v) is 6.98. The molecule has 1 saturated carbocycles. The number of amides is 2. The molecule has 1 aliphatic carbocycles. The Bertz CT molecular complexity index is 634. The molecule has 0 unspecified atom stereocenters. The summed E-state index contributed by atoms with van der Waals surface area (Å²) in [5.74, 6) is 0.733. The van der Waals surface area contributed by atoms with E-state index in [1.807, 2.05) is 29.2 Å². The lowest BCUT2D eigenvalue weighted by Gasteiger charge is -2.40. The van der Waals surface area contributed by atoms with Crippen LogP contribution in [0.1, 0.15) is 31.2 Å². The molecule has 0 spiro atoms. The van der Waals surface area contributed by atoms with Gasteiger partial charge in [-0.3, -0.25) is 9.59 Å². The molecule has 0 bridgehead atoms. The van der Waals surface area contributed by atoms with E-state index in [9.17, 15) is 9.59 Å². The van der Waals surface area contributed by atoms with Crippen molar-refractivity contribution in [2.75, 3.05) is 33.4 Å². The van der Waals surface area contributed by atoms with E-state index in [0.29, 0.717) is 32.7 Å². The van der Waals surface area contributed by atoms with Crippen molar-refractivity contribution in [3.05, 3.63) is 29.8 Å². The number of ether oxygens (including phenoxy) is 2. The van der Waals surface area contributed by atoms with E-state index in [-0.39, 0.29) is 23.8 Å². The summed E-state index contributed by atoms with van der Waals surface area (Å²) >= 11 is 0. The van der Waals surface area contributed by atoms with Crippen molar-refractivity contribution in [1.82, 2.24) is 10.2 Å². The highest BCUT2D eigenvalue weighted by Crippen LogP contribution is 2.29. The lowest BCUT2D eigenvalue weighted by molar-refractivity contribution is -0.140. The smallest absolute Gasteiger partial charge is 0.227 e. The molecule has 1 N–H and O–H groups in total. The summed E-state index contributed by atoms with van der Waals surface area (Å²) < 4.78 is 10.8. The third kappa shape index (κ3) is 4.55. The number of rotatable bonds is 3. The number of benzene rings is 1. The maximum Gasteiger partial charge on any atom is 0.227 e. The van der Waals surface area contributed by atoms with E-state index in [4.69, 9.17) is 9.47 Å². The summed E-state index contributed by atoms with van der Waals surface area (Å²) in [7, 11) is 1.62. The second kappa shape index (κ2) is 9.03. The fourth-order valence-corrected chi connectivity index (χ4v) is 3.97. The third-order valence-electron chi connectivity index (χ3n) is 5.30. The van der Waals surface area contributed by atoms with Gasteiger partial charge in [-0.1, -0.05) is 25.0 Å². The maximum absolute atomic E-state index is 13.1. The first-order valence-corrected chi connectivity index (χ1v) is 9.47. The fraction of sp³-hybridized carbons (Fsp3) is 0.600. The summed E-state index contributed by atoms with van der Waals surface area (Å²) in [6.07, 6.45) is 4.13. The lowest BCUT2D eigenvalue weighted by Crippen LogP contribution is -2.53. The van der Waals surface area contributed by atoms with Gasteiger partial charge in [0.15, 0.2) is 0 Å². The van der Waals surface area contributed by atoms with E-state index >= 15 is 0 Å². The van der Waals surface area contributed by atoms with E-state index in [2.05, 4.69) is 5.32 Å². The Balaban J connectivity index is 1.78. The van der Waals surface area contributed by atoms with Crippen LogP contribution < -0.4 is 10.1 Å². The Morgan fingerprint density at radius 2 is 2.15 bits per heavy atom. The standard InChI is InChI=1S/C20H28N2O4/c1-25-16-6-4-5-15(13-16)14-19(23)22-10-12-26-11-9-21-20(24)17-7-2-3-8-18(17)22/h4-6,13,17-18H,2-3,7-12,14H2,1H3,(H,21,24)/t17-,18+/m1/s1. The van der Waals surface area contributed by atoms with Gasteiger partial charge in [0.25, 0.3) is 0 Å². The van der Waals surface area contributed by atoms with E-state index < -0.39 is 0 Å². The van der Waals surface area contributed by atoms with Gasteiger partial charge in [0.05, 0.1) is 32.7 Å². The predicted molar refractivity (Wildman–Crippen MR) is 98.0 cm³/mol. The van der Waals surface area contributed by atoms with Gasteiger partial charge in [0.2, 0.25) is 11.8 Å². The summed E-state index contributed by atoms with van der Waals surface area (Å²) in [5.41, 5.74) is 0.921. The highest BCUT2D eigenvalue weighted by Gasteiger charge is 2.37. The normalized spacial score (nSPS) is 24.3. The van der Waals surface area contributed by atoms with Crippen LogP contribution in [0.5, 0.6) is 5.75 Å². The Hall–Kier alpha value is -2.08. The highest BCUT2D eigenvalue weighted by atomic mass is 16.5. The number of nitrogens with one attached hydrogen (secondary N) is 1. The molecule has 1 aromatic carbocycles. The summed E-state index contributed by atoms with van der Waals surface area (Å²) in [6, 6.07) is 7.55. The van der Waals surface area contributed by atoms with Gasteiger partial charge in [-0.2, -0.15) is 0 Å². The largest absolute Gasteiger partial charge is 0.497 e. The first-order chi connectivity index (χ1) is 12.7. The minimum absolute atomic E-state index is 0.0384. The number of hydrogen-bond acceptors (Lipinski definition) is 4. The van der Waals surface area contributed by atoms with Gasteiger partial charge >= 0.3 is 0 Å². The first kappa shape index (κ1) is 18.7. The molecular weight excluding hydrogens is 332 g/mol. The van der Waals surface area contributed by atoms with Crippen molar-refractivity contribution in [3.63, 3.8) is 0 Å². The van der Waals surface area contributed by atoms with Crippen LogP contribution >= 0.6 is 0 Å². The molecule has 6 heteroatoms. The molecule has 1 aromatic rings.